The Morgan fingerprint density at radius 2 is 1.90 bits per heavy atom. The van der Waals surface area contributed by atoms with E-state index in [1.54, 1.807) is 0 Å². The third-order valence-electron chi connectivity index (χ3n) is 5.45. The second kappa shape index (κ2) is 6.72. The lowest BCUT2D eigenvalue weighted by molar-refractivity contribution is 0.0656. The Morgan fingerprint density at radius 1 is 1.25 bits per heavy atom. The van der Waals surface area contributed by atoms with Crippen LogP contribution in [0.15, 0.2) is 12.5 Å². The summed E-state index contributed by atoms with van der Waals surface area (Å²) in [4.78, 5) is 6.86. The fraction of sp³-hybridized carbons (Fsp3) is 0.812. The SMILES string of the molecule is CCn1cncc1C(CN)N1CCC(CC)(CC)CC1. The van der Waals surface area contributed by atoms with E-state index in [0.717, 1.165) is 6.54 Å². The van der Waals surface area contributed by atoms with Gasteiger partial charge >= 0.3 is 0 Å². The van der Waals surface area contributed by atoms with Crippen molar-refractivity contribution < 1.29 is 0 Å². The lowest BCUT2D eigenvalue weighted by atomic mass is 9.74. The van der Waals surface area contributed by atoms with Crippen LogP contribution in [0, 0.1) is 5.41 Å². The summed E-state index contributed by atoms with van der Waals surface area (Å²) in [5, 5.41) is 0. The van der Waals surface area contributed by atoms with E-state index in [1.807, 2.05) is 12.5 Å². The van der Waals surface area contributed by atoms with Gasteiger partial charge in [0.1, 0.15) is 0 Å². The Kier molecular flexibility index (Phi) is 5.22. The number of nitrogens with zero attached hydrogens (tertiary/aromatic N) is 3. The molecule has 0 aliphatic carbocycles. The molecule has 0 aromatic carbocycles. The predicted molar refractivity (Wildman–Crippen MR) is 83.5 cm³/mol. The first-order valence-corrected chi connectivity index (χ1v) is 8.13. The zero-order valence-electron chi connectivity index (χ0n) is 13.3. The molecule has 1 atom stereocenters. The third-order valence-corrected chi connectivity index (χ3v) is 5.45. The van der Waals surface area contributed by atoms with Crippen LogP contribution >= 0.6 is 0 Å². The van der Waals surface area contributed by atoms with Gasteiger partial charge in [-0.2, -0.15) is 0 Å². The maximum atomic E-state index is 6.07. The highest BCUT2D eigenvalue weighted by Crippen LogP contribution is 2.39. The van der Waals surface area contributed by atoms with Crippen molar-refractivity contribution >= 4 is 0 Å². The van der Waals surface area contributed by atoms with Gasteiger partial charge in [-0.3, -0.25) is 4.90 Å². The Balaban J connectivity index is 2.08. The van der Waals surface area contributed by atoms with Crippen molar-refractivity contribution in [3.8, 4) is 0 Å². The Bertz CT molecular complexity index is 398. The minimum atomic E-state index is 0.323. The predicted octanol–water partition coefficient (Wildman–Crippen LogP) is 2.81. The minimum absolute atomic E-state index is 0.323. The molecule has 2 rings (SSSR count). The number of hydrogen-bond donors (Lipinski definition) is 1. The summed E-state index contributed by atoms with van der Waals surface area (Å²) in [5.74, 6) is 0. The van der Waals surface area contributed by atoms with Crippen LogP contribution in [0.1, 0.15) is 58.2 Å². The highest BCUT2D eigenvalue weighted by Gasteiger charge is 2.34. The molecule has 1 aromatic rings. The number of imidazole rings is 1. The number of rotatable bonds is 6. The molecule has 0 spiro atoms. The van der Waals surface area contributed by atoms with Gasteiger partial charge in [-0.1, -0.05) is 26.7 Å². The topological polar surface area (TPSA) is 47.1 Å². The maximum Gasteiger partial charge on any atom is 0.0948 e. The second-order valence-corrected chi connectivity index (χ2v) is 6.10. The Labute approximate surface area is 123 Å². The van der Waals surface area contributed by atoms with Crippen LogP contribution in [0.3, 0.4) is 0 Å². The first-order chi connectivity index (χ1) is 9.69. The van der Waals surface area contributed by atoms with Crippen molar-refractivity contribution in [1.82, 2.24) is 14.5 Å². The molecule has 1 fully saturated rings. The summed E-state index contributed by atoms with van der Waals surface area (Å²) in [6, 6.07) is 0.323. The van der Waals surface area contributed by atoms with E-state index in [-0.39, 0.29) is 0 Å². The average Bonchev–Trinajstić information content (AvgIpc) is 2.97. The van der Waals surface area contributed by atoms with E-state index in [9.17, 15) is 0 Å². The number of likely N-dealkylation sites (tertiary alicyclic amines) is 1. The molecule has 1 aromatic heterocycles. The molecule has 2 heterocycles. The van der Waals surface area contributed by atoms with E-state index < -0.39 is 0 Å². The van der Waals surface area contributed by atoms with Crippen LogP contribution in [-0.2, 0) is 6.54 Å². The van der Waals surface area contributed by atoms with E-state index >= 15 is 0 Å². The number of hydrogen-bond acceptors (Lipinski definition) is 3. The summed E-state index contributed by atoms with van der Waals surface area (Å²) in [5.41, 5.74) is 7.91. The highest BCUT2D eigenvalue weighted by molar-refractivity contribution is 5.07. The molecular weight excluding hydrogens is 248 g/mol. The first-order valence-electron chi connectivity index (χ1n) is 8.13. The summed E-state index contributed by atoms with van der Waals surface area (Å²) in [6.07, 6.45) is 9.12. The molecule has 20 heavy (non-hydrogen) atoms. The fourth-order valence-corrected chi connectivity index (χ4v) is 3.60. The molecule has 114 valence electrons. The molecule has 0 radical (unpaired) electrons. The Hall–Kier alpha value is -0.870. The molecule has 4 heteroatoms. The largest absolute Gasteiger partial charge is 0.333 e. The van der Waals surface area contributed by atoms with Crippen molar-refractivity contribution in [2.75, 3.05) is 19.6 Å². The number of aryl methyl sites for hydroxylation is 1. The van der Waals surface area contributed by atoms with Gasteiger partial charge in [0.25, 0.3) is 0 Å². The zero-order valence-corrected chi connectivity index (χ0v) is 13.3. The van der Waals surface area contributed by atoms with Gasteiger partial charge in [-0.05, 0) is 38.3 Å². The summed E-state index contributed by atoms with van der Waals surface area (Å²) in [7, 11) is 0. The minimum Gasteiger partial charge on any atom is -0.333 e. The number of nitrogens with two attached hydrogens (primary N) is 1. The van der Waals surface area contributed by atoms with Gasteiger partial charge < -0.3 is 10.3 Å². The summed E-state index contributed by atoms with van der Waals surface area (Å²) in [6.45, 7) is 10.8. The first kappa shape index (κ1) is 15.5. The van der Waals surface area contributed by atoms with Crippen molar-refractivity contribution in [2.24, 2.45) is 11.1 Å². The summed E-state index contributed by atoms with van der Waals surface area (Å²) >= 11 is 0. The number of aromatic nitrogens is 2. The van der Waals surface area contributed by atoms with Crippen molar-refractivity contribution in [1.29, 1.82) is 0 Å². The highest BCUT2D eigenvalue weighted by atomic mass is 15.2. The normalized spacial score (nSPS) is 21.0. The lowest BCUT2D eigenvalue weighted by Crippen LogP contribution is -2.44. The van der Waals surface area contributed by atoms with Crippen LogP contribution in [0.2, 0.25) is 0 Å². The zero-order chi connectivity index (χ0) is 14.6. The molecule has 1 aliphatic heterocycles. The maximum absolute atomic E-state index is 6.07. The van der Waals surface area contributed by atoms with Crippen LogP contribution in [-0.4, -0.2) is 34.1 Å². The van der Waals surface area contributed by atoms with Crippen LogP contribution in [0.5, 0.6) is 0 Å². The molecule has 1 unspecified atom stereocenters. The third kappa shape index (κ3) is 2.91. The van der Waals surface area contributed by atoms with Crippen LogP contribution in [0.25, 0.3) is 0 Å². The van der Waals surface area contributed by atoms with Gasteiger partial charge in [0, 0.05) is 19.3 Å². The molecular formula is C16H30N4. The monoisotopic (exact) mass is 278 g/mol. The smallest absolute Gasteiger partial charge is 0.0948 e. The molecule has 0 bridgehead atoms. The summed E-state index contributed by atoms with van der Waals surface area (Å²) < 4.78 is 2.22. The van der Waals surface area contributed by atoms with E-state index in [4.69, 9.17) is 5.73 Å². The quantitative estimate of drug-likeness (QED) is 0.870. The molecule has 0 saturated carbocycles. The molecule has 4 nitrogen and oxygen atoms in total. The van der Waals surface area contributed by atoms with Crippen molar-refractivity contribution in [2.45, 2.75) is 59.0 Å². The standard InChI is InChI=1S/C16H30N4/c1-4-16(5-2)7-9-20(10-8-16)14(11-17)15-12-18-13-19(15)6-3/h12-14H,4-11,17H2,1-3H3. The lowest BCUT2D eigenvalue weighted by Gasteiger charge is -2.43. The molecule has 2 N–H and O–H groups in total. The van der Waals surface area contributed by atoms with Gasteiger partial charge in [-0.15, -0.1) is 0 Å². The molecule has 1 saturated heterocycles. The van der Waals surface area contributed by atoms with Crippen LogP contribution < -0.4 is 5.73 Å². The van der Waals surface area contributed by atoms with E-state index in [1.165, 1.54) is 44.5 Å². The molecule has 0 amide bonds. The van der Waals surface area contributed by atoms with Gasteiger partial charge in [-0.25, -0.2) is 4.98 Å². The fourth-order valence-electron chi connectivity index (χ4n) is 3.60. The van der Waals surface area contributed by atoms with Crippen molar-refractivity contribution in [3.63, 3.8) is 0 Å². The number of piperidine rings is 1. The Morgan fingerprint density at radius 3 is 2.40 bits per heavy atom. The molecule has 1 aliphatic rings. The van der Waals surface area contributed by atoms with Crippen LogP contribution in [0.4, 0.5) is 0 Å². The van der Waals surface area contributed by atoms with E-state index in [0.29, 0.717) is 18.0 Å². The van der Waals surface area contributed by atoms with Crippen molar-refractivity contribution in [3.05, 3.63) is 18.2 Å². The van der Waals surface area contributed by atoms with E-state index in [2.05, 4.69) is 35.2 Å². The van der Waals surface area contributed by atoms with Gasteiger partial charge in [0.05, 0.1) is 18.1 Å². The second-order valence-electron chi connectivity index (χ2n) is 6.10. The van der Waals surface area contributed by atoms with Gasteiger partial charge in [0.15, 0.2) is 0 Å². The van der Waals surface area contributed by atoms with Gasteiger partial charge in [0.2, 0.25) is 0 Å². The average molecular weight is 278 g/mol.